The van der Waals surface area contributed by atoms with Crippen molar-refractivity contribution < 1.29 is 17.6 Å². The van der Waals surface area contributed by atoms with Crippen LogP contribution >= 0.6 is 0 Å². The van der Waals surface area contributed by atoms with Gasteiger partial charge in [-0.3, -0.25) is 4.79 Å². The first-order valence-corrected chi connectivity index (χ1v) is 11.5. The first-order valence-electron chi connectivity index (χ1n) is 10.0. The molecule has 8 heteroatoms. The molecule has 0 unspecified atom stereocenters. The molecule has 0 aliphatic heterocycles. The van der Waals surface area contributed by atoms with E-state index in [2.05, 4.69) is 15.0 Å². The summed E-state index contributed by atoms with van der Waals surface area (Å²) in [4.78, 5) is 15.8. The minimum Gasteiger partial charge on any atom is -0.361 e. The maximum absolute atomic E-state index is 13.0. The molecule has 1 aromatic heterocycles. The lowest BCUT2D eigenvalue weighted by Gasteiger charge is -2.27. The number of fused-ring (bicyclic) bond motifs is 1. The van der Waals surface area contributed by atoms with Crippen LogP contribution in [0.5, 0.6) is 0 Å². The predicted molar refractivity (Wildman–Crippen MR) is 114 cm³/mol. The van der Waals surface area contributed by atoms with Gasteiger partial charge >= 0.3 is 0 Å². The first kappa shape index (κ1) is 20.6. The minimum absolute atomic E-state index is 0.00947. The van der Waals surface area contributed by atoms with E-state index in [0.29, 0.717) is 6.54 Å². The molecular weight excluding hydrogens is 405 g/mol. The molecule has 0 saturated heterocycles. The summed E-state index contributed by atoms with van der Waals surface area (Å²) in [7, 11) is -3.66. The zero-order valence-corrected chi connectivity index (χ0v) is 17.2. The summed E-state index contributed by atoms with van der Waals surface area (Å²) in [5, 5.41) is 4.04. The fourth-order valence-electron chi connectivity index (χ4n) is 3.93. The quantitative estimate of drug-likeness (QED) is 0.552. The fourth-order valence-corrected chi connectivity index (χ4v) is 5.04. The van der Waals surface area contributed by atoms with Gasteiger partial charge in [0.05, 0.1) is 4.90 Å². The lowest BCUT2D eigenvalue weighted by atomic mass is 9.81. The van der Waals surface area contributed by atoms with E-state index in [1.165, 1.54) is 12.1 Å². The van der Waals surface area contributed by atoms with Crippen LogP contribution in [0.1, 0.15) is 25.7 Å². The molecule has 3 N–H and O–H groups in total. The number of sulfonamides is 1. The lowest BCUT2D eigenvalue weighted by Crippen LogP contribution is -2.33. The molecule has 1 aliphatic rings. The Hall–Kier alpha value is -2.71. The van der Waals surface area contributed by atoms with Gasteiger partial charge in [0.1, 0.15) is 5.82 Å². The fraction of sp³-hybridized carbons (Fsp3) is 0.318. The second-order valence-electron chi connectivity index (χ2n) is 7.79. The number of nitrogens with one attached hydrogen (secondary N) is 3. The summed E-state index contributed by atoms with van der Waals surface area (Å²) in [6, 6.07) is 12.5. The molecule has 6 nitrogen and oxygen atoms in total. The maximum atomic E-state index is 13.0. The monoisotopic (exact) mass is 429 g/mol. The number of aromatic nitrogens is 1. The molecule has 1 aliphatic carbocycles. The number of rotatable bonds is 6. The van der Waals surface area contributed by atoms with E-state index >= 15 is 0 Å². The predicted octanol–water partition coefficient (Wildman–Crippen LogP) is 4.03. The minimum atomic E-state index is -3.66. The van der Waals surface area contributed by atoms with Crippen molar-refractivity contribution in [2.45, 2.75) is 30.6 Å². The molecule has 0 radical (unpaired) electrons. The van der Waals surface area contributed by atoms with E-state index in [4.69, 9.17) is 0 Å². The van der Waals surface area contributed by atoms with E-state index in [1.807, 2.05) is 30.5 Å². The Labute approximate surface area is 174 Å². The van der Waals surface area contributed by atoms with Crippen LogP contribution in [0.15, 0.2) is 59.6 Å². The zero-order valence-electron chi connectivity index (χ0n) is 16.4. The van der Waals surface area contributed by atoms with Crippen LogP contribution in [-0.4, -0.2) is 25.9 Å². The van der Waals surface area contributed by atoms with Gasteiger partial charge in [0.25, 0.3) is 0 Å². The van der Waals surface area contributed by atoms with E-state index in [-0.39, 0.29) is 22.6 Å². The van der Waals surface area contributed by atoms with Gasteiger partial charge in [-0.1, -0.05) is 0 Å². The number of hydrogen-bond acceptors (Lipinski definition) is 3. The molecule has 1 heterocycles. The number of hydrogen-bond donors (Lipinski definition) is 3. The average molecular weight is 430 g/mol. The van der Waals surface area contributed by atoms with Crippen molar-refractivity contribution >= 4 is 32.5 Å². The number of amides is 1. The van der Waals surface area contributed by atoms with E-state index in [0.717, 1.165) is 54.4 Å². The van der Waals surface area contributed by atoms with Crippen molar-refractivity contribution in [3.05, 3.63) is 60.5 Å². The number of aromatic amines is 1. The van der Waals surface area contributed by atoms with E-state index < -0.39 is 15.8 Å². The summed E-state index contributed by atoms with van der Waals surface area (Å²) < 4.78 is 40.3. The van der Waals surface area contributed by atoms with Gasteiger partial charge in [-0.15, -0.1) is 0 Å². The Morgan fingerprint density at radius 2 is 1.77 bits per heavy atom. The molecule has 158 valence electrons. The molecule has 30 heavy (non-hydrogen) atoms. The van der Waals surface area contributed by atoms with Crippen molar-refractivity contribution in [1.82, 2.24) is 9.71 Å². The van der Waals surface area contributed by atoms with Crippen LogP contribution < -0.4 is 10.0 Å². The molecule has 1 fully saturated rings. The lowest BCUT2D eigenvalue weighted by molar-refractivity contribution is -0.121. The normalized spacial score (nSPS) is 19.6. The number of carbonyl (C=O) groups is 1. The van der Waals surface area contributed by atoms with Gasteiger partial charge < -0.3 is 10.3 Å². The Balaban J connectivity index is 1.27. The molecule has 3 aromatic rings. The van der Waals surface area contributed by atoms with Gasteiger partial charge in [-0.2, -0.15) is 0 Å². The Kier molecular flexibility index (Phi) is 5.87. The SMILES string of the molecule is O=C(Nc1ccc2[nH]ccc2c1)C1CCC(CNS(=O)(=O)c2ccc(F)cc2)CC1. The van der Waals surface area contributed by atoms with Crippen LogP contribution in [-0.2, 0) is 14.8 Å². The van der Waals surface area contributed by atoms with Crippen LogP contribution in [0, 0.1) is 17.7 Å². The molecule has 0 bridgehead atoms. The second-order valence-corrected chi connectivity index (χ2v) is 9.56. The smallest absolute Gasteiger partial charge is 0.240 e. The van der Waals surface area contributed by atoms with Crippen molar-refractivity contribution in [1.29, 1.82) is 0 Å². The highest BCUT2D eigenvalue weighted by Crippen LogP contribution is 2.30. The number of H-pyrrole nitrogens is 1. The summed E-state index contributed by atoms with van der Waals surface area (Å²) in [5.41, 5.74) is 1.80. The van der Waals surface area contributed by atoms with Gasteiger partial charge in [0.2, 0.25) is 15.9 Å². The summed E-state index contributed by atoms with van der Waals surface area (Å²) in [6.45, 7) is 0.318. The third kappa shape index (κ3) is 4.71. The third-order valence-electron chi connectivity index (χ3n) is 5.72. The molecule has 0 atom stereocenters. The van der Waals surface area contributed by atoms with Gasteiger partial charge in [0.15, 0.2) is 0 Å². The Morgan fingerprint density at radius 1 is 1.03 bits per heavy atom. The molecule has 0 spiro atoms. The van der Waals surface area contributed by atoms with Crippen molar-refractivity contribution in [3.63, 3.8) is 0 Å². The van der Waals surface area contributed by atoms with Crippen LogP contribution in [0.25, 0.3) is 10.9 Å². The number of benzene rings is 2. The van der Waals surface area contributed by atoms with E-state index in [9.17, 15) is 17.6 Å². The van der Waals surface area contributed by atoms with Crippen LogP contribution in [0.3, 0.4) is 0 Å². The number of anilines is 1. The van der Waals surface area contributed by atoms with Crippen molar-refractivity contribution in [2.24, 2.45) is 11.8 Å². The highest BCUT2D eigenvalue weighted by atomic mass is 32.2. The second kappa shape index (κ2) is 8.57. The average Bonchev–Trinajstić information content (AvgIpc) is 3.21. The van der Waals surface area contributed by atoms with Crippen molar-refractivity contribution in [2.75, 3.05) is 11.9 Å². The topological polar surface area (TPSA) is 91.1 Å². The third-order valence-corrected chi connectivity index (χ3v) is 7.16. The molecule has 1 amide bonds. The van der Waals surface area contributed by atoms with Gasteiger partial charge in [0, 0.05) is 35.2 Å². The molecule has 1 saturated carbocycles. The highest BCUT2D eigenvalue weighted by molar-refractivity contribution is 7.89. The van der Waals surface area contributed by atoms with Gasteiger partial charge in [-0.25, -0.2) is 17.5 Å². The summed E-state index contributed by atoms with van der Waals surface area (Å²) in [6.07, 6.45) is 4.87. The summed E-state index contributed by atoms with van der Waals surface area (Å²) >= 11 is 0. The number of halogens is 1. The van der Waals surface area contributed by atoms with Crippen LogP contribution in [0.4, 0.5) is 10.1 Å². The molecule has 4 rings (SSSR count). The summed E-state index contributed by atoms with van der Waals surface area (Å²) in [5.74, 6) is -0.355. The molecule has 2 aromatic carbocycles. The Bertz CT molecular complexity index is 1130. The maximum Gasteiger partial charge on any atom is 0.240 e. The number of carbonyl (C=O) groups excluding carboxylic acids is 1. The van der Waals surface area contributed by atoms with E-state index in [1.54, 1.807) is 0 Å². The largest absolute Gasteiger partial charge is 0.361 e. The molecular formula is C22H24FN3O3S. The van der Waals surface area contributed by atoms with Gasteiger partial charge in [-0.05, 0) is 80.1 Å². The Morgan fingerprint density at radius 3 is 2.50 bits per heavy atom. The highest BCUT2D eigenvalue weighted by Gasteiger charge is 2.27. The van der Waals surface area contributed by atoms with Crippen molar-refractivity contribution in [3.8, 4) is 0 Å². The zero-order chi connectivity index (χ0) is 21.1. The first-order chi connectivity index (χ1) is 14.4. The van der Waals surface area contributed by atoms with Crippen LogP contribution in [0.2, 0.25) is 0 Å². The standard InChI is InChI=1S/C22H24FN3O3S/c23-18-5-8-20(9-6-18)30(28,29)25-14-15-1-3-16(4-2-15)22(27)26-19-7-10-21-17(13-19)11-12-24-21/h5-13,15-16,24-25H,1-4,14H2,(H,26,27).